The Bertz CT molecular complexity index is 2710. The van der Waals surface area contributed by atoms with Gasteiger partial charge in [0, 0.05) is 60.7 Å². The Morgan fingerprint density at radius 1 is 0.293 bits per heavy atom. The van der Waals surface area contributed by atoms with Gasteiger partial charge in [-0.1, -0.05) is 72.8 Å². The maximum atomic E-state index is 10.4. The minimum atomic E-state index is -4.94. The smallest absolute Gasteiger partial charge is 0.545 e. The zero-order chi connectivity index (χ0) is 58.4. The quantitative estimate of drug-likeness (QED) is 0.168. The fourth-order valence-corrected chi connectivity index (χ4v) is 5.74. The maximum absolute atomic E-state index is 10.4. The number of nitrogens with zero attached hydrogens (tertiary/aromatic N) is 8. The minimum absolute atomic E-state index is 0. The zero-order valence-corrected chi connectivity index (χ0v) is 46.8. The summed E-state index contributed by atoms with van der Waals surface area (Å²) in [6.45, 7) is 0. The molecule has 0 N–H and O–H groups in total. The number of carbonyl (C=O) groups is 2. The number of hydrogen-bond acceptors (Lipinski definition) is 22. The van der Waals surface area contributed by atoms with Crippen molar-refractivity contribution in [3.63, 3.8) is 0 Å². The molecule has 2 radical (unpaired) electrons. The number of halogens is 2. The molecule has 0 saturated heterocycles. The van der Waals surface area contributed by atoms with E-state index in [0.717, 1.165) is 45.6 Å². The van der Waals surface area contributed by atoms with Crippen LogP contribution in [0.3, 0.4) is 0 Å². The number of para-hydroxylation sites is 2. The average Bonchev–Trinajstić information content (AvgIpc) is 3.51. The zero-order valence-electron chi connectivity index (χ0n) is 42.9. The standard InChI is InChI=1S/4C10H8N2.2C8H8O3.2ClHO4.2Mn/c4*1-3-7-11-9(5-1)10-6-2-4-8-12-10;2*1-11-7-5-3-2-4-6(7)8(9)10;2*2-1(3,4)5;;/h4*1-8H;2*2-5H,1H3,(H,9,10);2*(H,2,3,4,5);;/q;;;;;;;;2*+2/p-4. The van der Waals surface area contributed by atoms with Gasteiger partial charge in [0.15, 0.2) is 0 Å². The first-order valence-corrected chi connectivity index (χ1v) is 25.1. The van der Waals surface area contributed by atoms with Gasteiger partial charge < -0.3 is 29.3 Å². The van der Waals surface area contributed by atoms with Crippen molar-refractivity contribution in [2.75, 3.05) is 14.2 Å². The molecule has 0 aliphatic carbocycles. The van der Waals surface area contributed by atoms with Crippen LogP contribution < -0.4 is 57.0 Å². The van der Waals surface area contributed by atoms with Crippen molar-refractivity contribution >= 4 is 11.9 Å². The number of carboxylic acids is 2. The van der Waals surface area contributed by atoms with E-state index in [9.17, 15) is 19.8 Å². The Hall–Kier alpha value is -8.52. The summed E-state index contributed by atoms with van der Waals surface area (Å²) in [6, 6.07) is 59.0. The summed E-state index contributed by atoms with van der Waals surface area (Å²) in [5.74, 6) is -1.79. The molecule has 8 aromatic heterocycles. The largest absolute Gasteiger partial charge is 2.00 e. The van der Waals surface area contributed by atoms with Crippen LogP contribution in [0.5, 0.6) is 11.5 Å². The number of carboxylic acid groups (broad SMARTS) is 2. The number of pyridine rings is 8. The van der Waals surface area contributed by atoms with Gasteiger partial charge in [-0.15, -0.1) is 20.5 Å². The first-order valence-electron chi connectivity index (χ1n) is 22.6. The summed E-state index contributed by atoms with van der Waals surface area (Å²) in [6.07, 6.45) is 14.1. The predicted octanol–water partition coefficient (Wildman–Crippen LogP) is -0.825. The van der Waals surface area contributed by atoms with E-state index in [4.69, 9.17) is 46.7 Å². The van der Waals surface area contributed by atoms with Gasteiger partial charge in [-0.05, 0) is 121 Å². The summed E-state index contributed by atoms with van der Waals surface area (Å²) in [7, 11) is -7.05. The van der Waals surface area contributed by atoms with Gasteiger partial charge in [-0.3, -0.25) is 39.9 Å². The Morgan fingerprint density at radius 2 is 0.439 bits per heavy atom. The Labute approximate surface area is 496 Å². The number of benzene rings is 2. The number of aromatic carboxylic acids is 2. The molecule has 2 aromatic carbocycles. The molecule has 22 nitrogen and oxygen atoms in total. The van der Waals surface area contributed by atoms with E-state index < -0.39 is 32.4 Å². The van der Waals surface area contributed by atoms with Crippen molar-refractivity contribution in [1.82, 2.24) is 39.9 Å². The van der Waals surface area contributed by atoms with Crippen LogP contribution in [0.15, 0.2) is 244 Å². The van der Waals surface area contributed by atoms with Gasteiger partial charge >= 0.3 is 34.1 Å². The van der Waals surface area contributed by atoms with E-state index in [1.165, 1.54) is 26.4 Å². The molecule has 422 valence electrons. The number of hydrogen-bond donors (Lipinski definition) is 0. The van der Waals surface area contributed by atoms with Gasteiger partial charge in [-0.2, -0.15) is 0 Å². The van der Waals surface area contributed by atoms with Crippen molar-refractivity contribution in [1.29, 1.82) is 0 Å². The van der Waals surface area contributed by atoms with Crippen molar-refractivity contribution in [2.24, 2.45) is 0 Å². The van der Waals surface area contributed by atoms with Crippen LogP contribution in [0.2, 0.25) is 0 Å². The Balaban J connectivity index is 0.000000474. The normalized spacial score (nSPS) is 9.59. The molecule has 0 spiro atoms. The second-order valence-electron chi connectivity index (χ2n) is 14.5. The Morgan fingerprint density at radius 3 is 0.549 bits per heavy atom. The molecule has 26 heteroatoms. The first kappa shape index (κ1) is 71.5. The summed E-state index contributed by atoms with van der Waals surface area (Å²) >= 11 is 0. The molecule has 0 aliphatic heterocycles. The first-order chi connectivity index (χ1) is 38.4. The van der Waals surface area contributed by atoms with Gasteiger partial charge in [-0.25, -0.2) is 37.3 Å². The van der Waals surface area contributed by atoms with Gasteiger partial charge in [0.25, 0.3) is 0 Å². The molecule has 0 amide bonds. The summed E-state index contributed by atoms with van der Waals surface area (Å²) in [4.78, 5) is 54.3. The van der Waals surface area contributed by atoms with Crippen LogP contribution in [0.1, 0.15) is 20.7 Å². The van der Waals surface area contributed by atoms with E-state index >= 15 is 0 Å². The van der Waals surface area contributed by atoms with E-state index in [-0.39, 0.29) is 45.3 Å². The third kappa shape index (κ3) is 31.9. The average molecular weight is 1240 g/mol. The molecule has 0 unspecified atom stereocenters. The van der Waals surface area contributed by atoms with Crippen LogP contribution in [0, 0.1) is 20.5 Å². The predicted molar refractivity (Wildman–Crippen MR) is 265 cm³/mol. The SMILES string of the molecule is COc1ccccc1C(=O)[O-].COc1ccccc1C(=O)[O-].[Mn+2].[Mn+2].[O-][Cl+3]([O-])([O-])[O-].[O-][Cl+3]([O-])([O-])[O-].c1ccc(-c2ccccn2)nc1.c1ccc(-c2ccccn2)nc1.c1ccc(-c2ccccn2)nc1.c1ccc(-c2ccccn2)nc1. The molecule has 8 heterocycles. The maximum Gasteiger partial charge on any atom is 2.00 e. The second kappa shape index (κ2) is 40.6. The molecule has 10 rings (SSSR count). The molecule has 0 aliphatic rings. The van der Waals surface area contributed by atoms with Crippen LogP contribution in [0.25, 0.3) is 45.6 Å². The molecule has 0 saturated carbocycles. The van der Waals surface area contributed by atoms with Crippen molar-refractivity contribution in [2.45, 2.75) is 0 Å². The van der Waals surface area contributed by atoms with E-state index in [1.54, 1.807) is 86.0 Å². The van der Waals surface area contributed by atoms with E-state index in [0.29, 0.717) is 11.5 Å². The molecule has 82 heavy (non-hydrogen) atoms. The fourth-order valence-electron chi connectivity index (χ4n) is 5.74. The van der Waals surface area contributed by atoms with Gasteiger partial charge in [0.2, 0.25) is 0 Å². The molecular formula is C56H46Cl2Mn2N8O14. The third-order valence-electron chi connectivity index (χ3n) is 9.02. The second-order valence-corrected chi connectivity index (χ2v) is 16.0. The monoisotopic (exact) mass is 1230 g/mol. The van der Waals surface area contributed by atoms with E-state index in [1.807, 2.05) is 146 Å². The molecule has 0 atom stereocenters. The summed E-state index contributed by atoms with van der Waals surface area (Å²) in [5.41, 5.74) is 7.48. The number of carbonyl (C=O) groups excluding carboxylic acids is 2. The van der Waals surface area contributed by atoms with Crippen LogP contribution >= 0.6 is 0 Å². The molecule has 10 aromatic rings. The number of aromatic nitrogens is 8. The summed E-state index contributed by atoms with van der Waals surface area (Å²) in [5, 5.41) is 20.8. The van der Waals surface area contributed by atoms with Crippen molar-refractivity contribution in [3.05, 3.63) is 255 Å². The fraction of sp³-hybridized carbons (Fsp3) is 0.0357. The van der Waals surface area contributed by atoms with E-state index in [2.05, 4.69) is 39.9 Å². The van der Waals surface area contributed by atoms with Crippen LogP contribution in [-0.4, -0.2) is 66.0 Å². The Kier molecular flexibility index (Phi) is 35.4. The number of methoxy groups -OCH3 is 2. The van der Waals surface area contributed by atoms with Crippen molar-refractivity contribution < 1.29 is 121 Å². The van der Waals surface area contributed by atoms with Crippen molar-refractivity contribution in [3.8, 4) is 57.1 Å². The van der Waals surface area contributed by atoms with Gasteiger partial charge in [0.05, 0.1) is 71.7 Å². The summed E-state index contributed by atoms with van der Waals surface area (Å²) < 4.78 is 77.5. The molecular weight excluding hydrogens is 1190 g/mol. The van der Waals surface area contributed by atoms with Gasteiger partial charge in [0.1, 0.15) is 11.5 Å². The minimum Gasteiger partial charge on any atom is -0.545 e. The molecule has 0 bridgehead atoms. The van der Waals surface area contributed by atoms with Crippen LogP contribution in [0.4, 0.5) is 0 Å². The third-order valence-corrected chi connectivity index (χ3v) is 9.02. The number of rotatable bonds is 8. The van der Waals surface area contributed by atoms with Crippen LogP contribution in [-0.2, 0) is 34.1 Å². The topological polar surface area (TPSA) is 386 Å². The number of ether oxygens (including phenoxy) is 2. The molecule has 0 fully saturated rings.